The summed E-state index contributed by atoms with van der Waals surface area (Å²) in [7, 11) is 4.13. The van der Waals surface area contributed by atoms with Crippen LogP contribution in [-0.2, 0) is 0 Å². The molecule has 0 atom stereocenters. The molecule has 0 amide bonds. The predicted octanol–water partition coefficient (Wildman–Crippen LogP) is 2.08. The first kappa shape index (κ1) is 9.41. The van der Waals surface area contributed by atoms with Gasteiger partial charge in [0.05, 0.1) is 0 Å². The third-order valence-electron chi connectivity index (χ3n) is 1.72. The van der Waals surface area contributed by atoms with Crippen LogP contribution in [0.2, 0.25) is 0 Å². The van der Waals surface area contributed by atoms with Gasteiger partial charge < -0.3 is 0 Å². The summed E-state index contributed by atoms with van der Waals surface area (Å²) in [5.74, 6) is 0. The van der Waals surface area contributed by atoms with Crippen LogP contribution in [0.15, 0.2) is 11.6 Å². The average Bonchev–Trinajstić information content (AvgIpc) is 1.87. The molecule has 0 aliphatic rings. The molecule has 0 spiro atoms. The fourth-order valence-corrected chi connectivity index (χ4v) is 0.588. The molecule has 0 rings (SSSR count). The number of hydrogen-bond acceptors (Lipinski definition) is 0. The van der Waals surface area contributed by atoms with Crippen molar-refractivity contribution in [3.8, 4) is 0 Å². The van der Waals surface area contributed by atoms with Crippen molar-refractivity contribution < 1.29 is 4.58 Å². The normalized spacial score (nSPS) is 11.5. The Labute approximate surface area is 64.1 Å². The van der Waals surface area contributed by atoms with E-state index in [0.29, 0.717) is 0 Å². The van der Waals surface area contributed by atoms with Gasteiger partial charge in [0.25, 0.3) is 0 Å². The molecule has 10 heavy (non-hydrogen) atoms. The molecular weight excluding hydrogens is 122 g/mol. The second-order valence-electron chi connectivity index (χ2n) is 2.88. The Bertz CT molecular complexity index is 160. The zero-order valence-electron chi connectivity index (χ0n) is 7.73. The summed E-state index contributed by atoms with van der Waals surface area (Å²) in [5.41, 5.74) is 2.76. The summed E-state index contributed by atoms with van der Waals surface area (Å²) in [4.78, 5) is 0. The zero-order chi connectivity index (χ0) is 8.15. The highest BCUT2D eigenvalue weighted by atomic mass is 14.9. The minimum Gasteiger partial charge on any atom is -0.239 e. The van der Waals surface area contributed by atoms with E-state index in [1.54, 1.807) is 0 Å². The highest BCUT2D eigenvalue weighted by molar-refractivity contribution is 5.88. The third kappa shape index (κ3) is 3.44. The molecule has 0 unspecified atom stereocenters. The van der Waals surface area contributed by atoms with E-state index in [0.717, 1.165) is 6.42 Å². The molecular formula is C9H18N+. The van der Waals surface area contributed by atoms with Gasteiger partial charge >= 0.3 is 0 Å². The van der Waals surface area contributed by atoms with Crippen LogP contribution in [0.3, 0.4) is 0 Å². The summed E-state index contributed by atoms with van der Waals surface area (Å²) in [6, 6.07) is 0. The maximum absolute atomic E-state index is 2.22. The lowest BCUT2D eigenvalue weighted by molar-refractivity contribution is -0.464. The van der Waals surface area contributed by atoms with Crippen molar-refractivity contribution in [2.45, 2.75) is 27.2 Å². The molecule has 0 saturated carbocycles. The summed E-state index contributed by atoms with van der Waals surface area (Å²) in [5, 5.41) is 0. The minimum atomic E-state index is 1.14. The number of rotatable bonds is 2. The van der Waals surface area contributed by atoms with E-state index >= 15 is 0 Å². The SMILES string of the molecule is CCC(C)=CC(C)=[N+](C)C. The van der Waals surface area contributed by atoms with Gasteiger partial charge in [-0.15, -0.1) is 0 Å². The molecule has 0 aliphatic carbocycles. The first-order valence-electron chi connectivity index (χ1n) is 3.76. The number of nitrogens with zero attached hydrogens (tertiary/aromatic N) is 1. The molecule has 58 valence electrons. The smallest absolute Gasteiger partial charge is 0.172 e. The van der Waals surface area contributed by atoms with Gasteiger partial charge in [-0.25, -0.2) is 4.58 Å². The van der Waals surface area contributed by atoms with Crippen LogP contribution in [0.25, 0.3) is 0 Å². The molecule has 1 nitrogen and oxygen atoms in total. The van der Waals surface area contributed by atoms with Crippen molar-refractivity contribution in [3.05, 3.63) is 11.6 Å². The second-order valence-corrected chi connectivity index (χ2v) is 2.88. The van der Waals surface area contributed by atoms with Crippen molar-refractivity contribution in [3.63, 3.8) is 0 Å². The Balaban J connectivity index is 4.27. The molecule has 0 fully saturated rings. The quantitative estimate of drug-likeness (QED) is 0.408. The van der Waals surface area contributed by atoms with Gasteiger partial charge in [0.1, 0.15) is 14.1 Å². The fourth-order valence-electron chi connectivity index (χ4n) is 0.588. The first-order chi connectivity index (χ1) is 4.57. The van der Waals surface area contributed by atoms with E-state index in [1.807, 2.05) is 0 Å². The summed E-state index contributed by atoms with van der Waals surface area (Å²) < 4.78 is 2.12. The highest BCUT2D eigenvalue weighted by Crippen LogP contribution is 1.97. The topological polar surface area (TPSA) is 3.01 Å². The maximum Gasteiger partial charge on any atom is 0.172 e. The molecule has 0 radical (unpaired) electrons. The monoisotopic (exact) mass is 140 g/mol. The Hall–Kier alpha value is -0.590. The molecule has 0 bridgehead atoms. The Kier molecular flexibility index (Phi) is 4.01. The minimum absolute atomic E-state index is 1.14. The van der Waals surface area contributed by atoms with Crippen LogP contribution < -0.4 is 0 Å². The summed E-state index contributed by atoms with van der Waals surface area (Å²) in [6.07, 6.45) is 3.37. The molecule has 0 aromatic heterocycles. The van der Waals surface area contributed by atoms with Gasteiger partial charge in [0.2, 0.25) is 0 Å². The van der Waals surface area contributed by atoms with E-state index in [9.17, 15) is 0 Å². The van der Waals surface area contributed by atoms with E-state index in [1.165, 1.54) is 11.3 Å². The average molecular weight is 140 g/mol. The largest absolute Gasteiger partial charge is 0.239 e. The van der Waals surface area contributed by atoms with E-state index in [4.69, 9.17) is 0 Å². The van der Waals surface area contributed by atoms with E-state index in [-0.39, 0.29) is 0 Å². The zero-order valence-corrected chi connectivity index (χ0v) is 7.73. The van der Waals surface area contributed by atoms with Crippen molar-refractivity contribution >= 4 is 5.71 Å². The Morgan fingerprint density at radius 2 is 1.80 bits per heavy atom. The van der Waals surface area contributed by atoms with Gasteiger partial charge in [0.15, 0.2) is 5.71 Å². The molecule has 0 heterocycles. The van der Waals surface area contributed by atoms with Crippen LogP contribution in [0.1, 0.15) is 27.2 Å². The molecule has 0 aromatic rings. The standard InChI is InChI=1S/C9H18N/c1-6-8(2)7-9(3)10(4)5/h7H,6H2,1-5H3/q+1. The lowest BCUT2D eigenvalue weighted by atomic mass is 10.2. The Morgan fingerprint density at radius 1 is 1.30 bits per heavy atom. The Morgan fingerprint density at radius 3 is 2.10 bits per heavy atom. The van der Waals surface area contributed by atoms with Crippen molar-refractivity contribution in [1.29, 1.82) is 0 Å². The second kappa shape index (κ2) is 4.26. The van der Waals surface area contributed by atoms with Gasteiger partial charge in [-0.05, 0) is 13.3 Å². The van der Waals surface area contributed by atoms with Crippen LogP contribution in [0.5, 0.6) is 0 Å². The number of allylic oxidation sites excluding steroid dienone is 2. The molecule has 0 N–H and O–H groups in total. The van der Waals surface area contributed by atoms with Gasteiger partial charge in [-0.1, -0.05) is 12.5 Å². The molecule has 0 aromatic carbocycles. The van der Waals surface area contributed by atoms with E-state index in [2.05, 4.69) is 45.5 Å². The van der Waals surface area contributed by atoms with Gasteiger partial charge in [-0.3, -0.25) is 0 Å². The summed E-state index contributed by atoms with van der Waals surface area (Å²) >= 11 is 0. The van der Waals surface area contributed by atoms with Gasteiger partial charge in [0, 0.05) is 13.0 Å². The van der Waals surface area contributed by atoms with Gasteiger partial charge in [-0.2, -0.15) is 0 Å². The van der Waals surface area contributed by atoms with Crippen LogP contribution in [-0.4, -0.2) is 24.4 Å². The van der Waals surface area contributed by atoms with Crippen molar-refractivity contribution in [1.82, 2.24) is 0 Å². The fraction of sp³-hybridized carbons (Fsp3) is 0.667. The van der Waals surface area contributed by atoms with Crippen molar-refractivity contribution in [2.75, 3.05) is 14.1 Å². The first-order valence-corrected chi connectivity index (χ1v) is 3.76. The van der Waals surface area contributed by atoms with Crippen LogP contribution >= 0.6 is 0 Å². The van der Waals surface area contributed by atoms with Crippen molar-refractivity contribution in [2.24, 2.45) is 0 Å². The van der Waals surface area contributed by atoms with Crippen LogP contribution in [0, 0.1) is 0 Å². The van der Waals surface area contributed by atoms with Crippen LogP contribution in [0.4, 0.5) is 0 Å². The third-order valence-corrected chi connectivity index (χ3v) is 1.72. The lowest BCUT2D eigenvalue weighted by Crippen LogP contribution is -2.06. The molecule has 0 saturated heterocycles. The lowest BCUT2D eigenvalue weighted by Gasteiger charge is -1.93. The summed E-state index contributed by atoms with van der Waals surface area (Å²) in [6.45, 7) is 6.46. The number of hydrogen-bond donors (Lipinski definition) is 0. The molecule has 0 aliphatic heterocycles. The maximum atomic E-state index is 2.22. The molecule has 1 heteroatoms. The highest BCUT2D eigenvalue weighted by Gasteiger charge is 1.94. The predicted molar refractivity (Wildman–Crippen MR) is 46.8 cm³/mol. The van der Waals surface area contributed by atoms with E-state index < -0.39 is 0 Å².